The molecule has 0 aromatic carbocycles. The molecule has 0 N–H and O–H groups in total. The van der Waals surface area contributed by atoms with Gasteiger partial charge in [-0.05, 0) is 45.9 Å². The number of nitrogens with zero attached hydrogens (tertiary/aromatic N) is 1. The van der Waals surface area contributed by atoms with E-state index in [1.165, 1.54) is 5.06 Å². The van der Waals surface area contributed by atoms with Crippen molar-refractivity contribution in [3.05, 3.63) is 12.0 Å². The van der Waals surface area contributed by atoms with Crippen molar-refractivity contribution in [1.29, 1.82) is 0 Å². The van der Waals surface area contributed by atoms with Crippen LogP contribution >= 0.6 is 11.8 Å². The molecule has 0 aliphatic carbocycles. The molecule has 1 fully saturated rings. The maximum Gasteiger partial charge on any atom is 0.0454 e. The standard InChI is InChI=1S/C11H20NOS/c1-6-14-9-7-10(2,3)12(13)11(4,5)8-9/h6,9H,1,7-8H2,2-5H3. The van der Waals surface area contributed by atoms with Crippen molar-refractivity contribution in [3.63, 3.8) is 0 Å². The van der Waals surface area contributed by atoms with Gasteiger partial charge >= 0.3 is 0 Å². The van der Waals surface area contributed by atoms with Crippen LogP contribution in [-0.4, -0.2) is 21.4 Å². The van der Waals surface area contributed by atoms with Gasteiger partial charge in [0.15, 0.2) is 0 Å². The second-order valence-electron chi connectivity index (χ2n) is 5.25. The Balaban J connectivity index is 2.80. The fraction of sp³-hybridized carbons (Fsp3) is 0.818. The van der Waals surface area contributed by atoms with Crippen LogP contribution in [0, 0.1) is 0 Å². The molecule has 1 saturated heterocycles. The van der Waals surface area contributed by atoms with E-state index in [2.05, 4.69) is 6.58 Å². The van der Waals surface area contributed by atoms with Crippen LogP contribution in [0.5, 0.6) is 0 Å². The molecule has 0 unspecified atom stereocenters. The Kier molecular flexibility index (Phi) is 3.34. The molecule has 0 bridgehead atoms. The average molecular weight is 214 g/mol. The summed E-state index contributed by atoms with van der Waals surface area (Å²) in [7, 11) is 0. The number of hydroxylamine groups is 2. The molecule has 2 nitrogen and oxygen atoms in total. The fourth-order valence-electron chi connectivity index (χ4n) is 2.40. The molecule has 1 aliphatic rings. The van der Waals surface area contributed by atoms with E-state index in [-0.39, 0.29) is 11.1 Å². The maximum atomic E-state index is 12.0. The molecule has 0 atom stereocenters. The topological polar surface area (TPSA) is 23.1 Å². The number of hydrogen-bond donors (Lipinski definition) is 0. The first-order valence-electron chi connectivity index (χ1n) is 5.03. The molecule has 1 radical (unpaired) electrons. The summed E-state index contributed by atoms with van der Waals surface area (Å²) < 4.78 is 0. The van der Waals surface area contributed by atoms with Gasteiger partial charge in [-0.25, -0.2) is 0 Å². The van der Waals surface area contributed by atoms with Gasteiger partial charge in [0, 0.05) is 16.3 Å². The van der Waals surface area contributed by atoms with E-state index >= 15 is 0 Å². The van der Waals surface area contributed by atoms with E-state index in [0.29, 0.717) is 5.25 Å². The molecule has 0 aromatic heterocycles. The second-order valence-corrected chi connectivity index (χ2v) is 6.52. The van der Waals surface area contributed by atoms with Crippen molar-refractivity contribution in [3.8, 4) is 0 Å². The summed E-state index contributed by atoms with van der Waals surface area (Å²) in [5.74, 6) is 0. The Morgan fingerprint density at radius 3 is 2.07 bits per heavy atom. The summed E-state index contributed by atoms with van der Waals surface area (Å²) in [5, 5.41) is 15.7. The highest BCUT2D eigenvalue weighted by atomic mass is 32.2. The van der Waals surface area contributed by atoms with Crippen LogP contribution in [0.25, 0.3) is 0 Å². The minimum Gasteiger partial charge on any atom is -0.144 e. The number of thioether (sulfide) groups is 1. The van der Waals surface area contributed by atoms with E-state index in [4.69, 9.17) is 0 Å². The Morgan fingerprint density at radius 2 is 1.71 bits per heavy atom. The molecule has 81 valence electrons. The van der Waals surface area contributed by atoms with Crippen LogP contribution < -0.4 is 0 Å². The summed E-state index contributed by atoms with van der Waals surface area (Å²) in [5.41, 5.74) is -0.495. The van der Waals surface area contributed by atoms with Crippen molar-refractivity contribution in [1.82, 2.24) is 5.06 Å². The van der Waals surface area contributed by atoms with E-state index in [1.54, 1.807) is 11.8 Å². The molecule has 0 amide bonds. The fourth-order valence-corrected chi connectivity index (χ4v) is 3.68. The van der Waals surface area contributed by atoms with E-state index in [1.807, 2.05) is 33.1 Å². The number of rotatable bonds is 2. The van der Waals surface area contributed by atoms with Gasteiger partial charge in [0.05, 0.1) is 0 Å². The van der Waals surface area contributed by atoms with Gasteiger partial charge < -0.3 is 0 Å². The molecule has 1 rings (SSSR count). The van der Waals surface area contributed by atoms with Gasteiger partial charge in [0.25, 0.3) is 0 Å². The third-order valence-corrected chi connectivity index (χ3v) is 3.75. The van der Waals surface area contributed by atoms with E-state index < -0.39 is 0 Å². The molecule has 0 spiro atoms. The first-order chi connectivity index (χ1) is 6.29. The zero-order valence-corrected chi connectivity index (χ0v) is 10.4. The van der Waals surface area contributed by atoms with Gasteiger partial charge in [-0.2, -0.15) is 0 Å². The molecule has 3 heteroatoms. The van der Waals surface area contributed by atoms with Crippen LogP contribution in [-0.2, 0) is 5.21 Å². The molecule has 0 saturated carbocycles. The van der Waals surface area contributed by atoms with Crippen molar-refractivity contribution in [2.45, 2.75) is 56.9 Å². The monoisotopic (exact) mass is 214 g/mol. The van der Waals surface area contributed by atoms with Gasteiger partial charge in [-0.3, -0.25) is 0 Å². The van der Waals surface area contributed by atoms with Crippen LogP contribution in [0.3, 0.4) is 0 Å². The molecule has 1 aliphatic heterocycles. The summed E-state index contributed by atoms with van der Waals surface area (Å²) in [4.78, 5) is 0. The Morgan fingerprint density at radius 1 is 1.29 bits per heavy atom. The predicted octanol–water partition coefficient (Wildman–Crippen LogP) is 3.23. The van der Waals surface area contributed by atoms with Gasteiger partial charge in [-0.1, -0.05) is 6.58 Å². The van der Waals surface area contributed by atoms with Crippen molar-refractivity contribution >= 4 is 11.8 Å². The summed E-state index contributed by atoms with van der Waals surface area (Å²) >= 11 is 1.76. The first-order valence-corrected chi connectivity index (χ1v) is 5.98. The Bertz CT molecular complexity index is 207. The minimum atomic E-state index is -0.248. The molecular formula is C11H20NOS. The maximum absolute atomic E-state index is 12.0. The van der Waals surface area contributed by atoms with Crippen LogP contribution in [0.4, 0.5) is 0 Å². The lowest BCUT2D eigenvalue weighted by Gasteiger charge is -2.49. The highest BCUT2D eigenvalue weighted by molar-refractivity contribution is 8.02. The van der Waals surface area contributed by atoms with Crippen LogP contribution in [0.2, 0.25) is 0 Å². The highest BCUT2D eigenvalue weighted by Gasteiger charge is 2.45. The van der Waals surface area contributed by atoms with Gasteiger partial charge in [0.1, 0.15) is 0 Å². The minimum absolute atomic E-state index is 0.248. The summed E-state index contributed by atoms with van der Waals surface area (Å²) in [6, 6.07) is 0. The number of piperidine rings is 1. The molecule has 14 heavy (non-hydrogen) atoms. The van der Waals surface area contributed by atoms with Crippen LogP contribution in [0.15, 0.2) is 12.0 Å². The molecular weight excluding hydrogens is 194 g/mol. The summed E-state index contributed by atoms with van der Waals surface area (Å²) in [6.07, 6.45) is 1.88. The lowest BCUT2D eigenvalue weighted by Crippen LogP contribution is -2.58. The molecule has 0 aromatic rings. The Labute approximate surface area is 91.3 Å². The van der Waals surface area contributed by atoms with Crippen LogP contribution in [0.1, 0.15) is 40.5 Å². The van der Waals surface area contributed by atoms with E-state index in [0.717, 1.165) is 12.8 Å². The third-order valence-electron chi connectivity index (χ3n) is 2.84. The van der Waals surface area contributed by atoms with Gasteiger partial charge in [-0.15, -0.1) is 22.0 Å². The first kappa shape index (κ1) is 12.1. The van der Waals surface area contributed by atoms with Crippen molar-refractivity contribution in [2.24, 2.45) is 0 Å². The lowest BCUT2D eigenvalue weighted by molar-refractivity contribution is -0.285. The second kappa shape index (κ2) is 3.87. The van der Waals surface area contributed by atoms with Crippen molar-refractivity contribution in [2.75, 3.05) is 0 Å². The Hall–Kier alpha value is 0.01000. The largest absolute Gasteiger partial charge is 0.144 e. The lowest BCUT2D eigenvalue weighted by atomic mass is 9.82. The average Bonchev–Trinajstić information content (AvgIpc) is 1.99. The SMILES string of the molecule is C=CSC1CC(C)(C)N([O])C(C)(C)C1. The highest BCUT2D eigenvalue weighted by Crippen LogP contribution is 2.41. The molecule has 1 heterocycles. The third kappa shape index (κ3) is 2.33. The predicted molar refractivity (Wildman–Crippen MR) is 61.5 cm³/mol. The zero-order valence-electron chi connectivity index (χ0n) is 9.54. The normalized spacial score (nSPS) is 27.5. The van der Waals surface area contributed by atoms with E-state index in [9.17, 15) is 5.21 Å². The quantitative estimate of drug-likeness (QED) is 0.704. The summed E-state index contributed by atoms with van der Waals surface area (Å²) in [6.45, 7) is 11.8. The number of hydrogen-bond acceptors (Lipinski definition) is 2. The smallest absolute Gasteiger partial charge is 0.0454 e. The van der Waals surface area contributed by atoms with Crippen molar-refractivity contribution < 1.29 is 5.21 Å². The van der Waals surface area contributed by atoms with Gasteiger partial charge in [0.2, 0.25) is 0 Å². The zero-order chi connectivity index (χ0) is 11.0.